The van der Waals surface area contributed by atoms with Crippen LogP contribution in [0.4, 0.5) is 0 Å². The fourth-order valence-corrected chi connectivity index (χ4v) is 10.1. The molecule has 0 rings (SSSR count). The van der Waals surface area contributed by atoms with E-state index in [0.717, 1.165) is 38.5 Å². The average molecular weight is 840 g/mol. The lowest BCUT2D eigenvalue weighted by Crippen LogP contribution is -2.24. The van der Waals surface area contributed by atoms with Crippen LogP contribution in [0.3, 0.4) is 0 Å². The Kier molecular flexibility index (Phi) is 49.9. The Labute approximate surface area is 367 Å². The van der Waals surface area contributed by atoms with Crippen LogP contribution in [0.15, 0.2) is 0 Å². The monoisotopic (exact) mass is 840 g/mol. The van der Waals surface area contributed by atoms with E-state index in [1.165, 1.54) is 263 Å². The molecule has 0 aliphatic carbocycles. The summed E-state index contributed by atoms with van der Waals surface area (Å²) in [6.07, 6.45) is 63.6. The summed E-state index contributed by atoms with van der Waals surface area (Å²) in [5.74, 6) is 0. The maximum Gasteiger partial charge on any atom is 0.405 e. The molecule has 350 valence electrons. The summed E-state index contributed by atoms with van der Waals surface area (Å²) in [7, 11) is -3.72. The van der Waals surface area contributed by atoms with Crippen molar-refractivity contribution in [2.75, 3.05) is 19.7 Å². The second kappa shape index (κ2) is 49.8. The van der Waals surface area contributed by atoms with Crippen LogP contribution in [0, 0.1) is 0 Å². The van der Waals surface area contributed by atoms with Crippen LogP contribution in [0.5, 0.6) is 0 Å². The van der Waals surface area contributed by atoms with E-state index in [1.54, 1.807) is 0 Å². The van der Waals surface area contributed by atoms with Gasteiger partial charge >= 0.3 is 7.75 Å². The van der Waals surface area contributed by atoms with Crippen LogP contribution in [-0.2, 0) is 9.09 Å². The van der Waals surface area contributed by atoms with Crippen LogP contribution in [0.2, 0.25) is 0 Å². The Morgan fingerprint density at radius 2 is 0.466 bits per heavy atom. The smallest absolute Gasteiger partial charge is 0.312 e. The van der Waals surface area contributed by atoms with Gasteiger partial charge < -0.3 is 4.89 Å². The molecule has 0 saturated carbocycles. The van der Waals surface area contributed by atoms with E-state index in [2.05, 4.69) is 20.8 Å². The molecular weight excluding hydrogens is 730 g/mol. The molecule has 1 atom stereocenters. The van der Waals surface area contributed by atoms with Crippen LogP contribution >= 0.6 is 7.75 Å². The highest BCUT2D eigenvalue weighted by molar-refractivity contribution is 7.50. The second-order valence-corrected chi connectivity index (χ2v) is 20.6. The van der Waals surface area contributed by atoms with Crippen molar-refractivity contribution in [3.8, 4) is 0 Å². The van der Waals surface area contributed by atoms with Crippen molar-refractivity contribution in [1.82, 2.24) is 4.67 Å². The first kappa shape index (κ1) is 58.1. The molecule has 0 amide bonds. The van der Waals surface area contributed by atoms with E-state index < -0.39 is 7.75 Å². The van der Waals surface area contributed by atoms with Crippen LogP contribution in [-0.4, -0.2) is 29.3 Å². The molecule has 0 aromatic rings. The van der Waals surface area contributed by atoms with Crippen molar-refractivity contribution in [3.63, 3.8) is 0 Å². The van der Waals surface area contributed by atoms with Crippen LogP contribution in [0.25, 0.3) is 0 Å². The summed E-state index contributed by atoms with van der Waals surface area (Å²) >= 11 is 0. The van der Waals surface area contributed by atoms with Gasteiger partial charge in [0.15, 0.2) is 0 Å². The van der Waals surface area contributed by atoms with Gasteiger partial charge in [0.2, 0.25) is 0 Å². The normalized spacial score (nSPS) is 12.9. The topological polar surface area (TPSA) is 49.8 Å². The fraction of sp³-hybridized carbons (Fsp3) is 1.00. The fourth-order valence-electron chi connectivity index (χ4n) is 8.79. The lowest BCUT2D eigenvalue weighted by Gasteiger charge is -2.26. The summed E-state index contributed by atoms with van der Waals surface area (Å²) in [6.45, 7) is 8.62. The highest BCUT2D eigenvalue weighted by atomic mass is 31.2. The first-order valence-corrected chi connectivity index (χ1v) is 28.8. The largest absolute Gasteiger partial charge is 0.405 e. The summed E-state index contributed by atoms with van der Waals surface area (Å²) in [6, 6.07) is 0. The highest BCUT2D eigenvalue weighted by Crippen LogP contribution is 2.47. The van der Waals surface area contributed by atoms with Crippen LogP contribution in [0.1, 0.15) is 323 Å². The van der Waals surface area contributed by atoms with E-state index >= 15 is 0 Å². The maximum absolute atomic E-state index is 13.3. The Morgan fingerprint density at radius 1 is 0.293 bits per heavy atom. The van der Waals surface area contributed by atoms with Crippen LogP contribution < -0.4 is 0 Å². The van der Waals surface area contributed by atoms with Gasteiger partial charge in [-0.15, -0.1) is 0 Å². The number of unbranched alkanes of at least 4 members (excludes halogenated alkanes) is 44. The molecule has 0 fully saturated rings. The Morgan fingerprint density at radius 3 is 0.672 bits per heavy atom. The molecule has 0 spiro atoms. The third-order valence-corrected chi connectivity index (χ3v) is 14.5. The Bertz CT molecular complexity index is 747. The minimum Gasteiger partial charge on any atom is -0.312 e. The molecular formula is C53H110NO3P. The molecule has 0 bridgehead atoms. The van der Waals surface area contributed by atoms with Gasteiger partial charge in [-0.3, -0.25) is 4.52 Å². The summed E-state index contributed by atoms with van der Waals surface area (Å²) in [5.41, 5.74) is 0. The summed E-state index contributed by atoms with van der Waals surface area (Å²) in [4.78, 5) is 11.0. The first-order valence-electron chi connectivity index (χ1n) is 27.3. The maximum atomic E-state index is 13.3. The molecule has 0 radical (unpaired) electrons. The minimum atomic E-state index is -3.72. The third-order valence-electron chi connectivity index (χ3n) is 12.9. The van der Waals surface area contributed by atoms with Gasteiger partial charge in [-0.2, -0.15) is 0 Å². The van der Waals surface area contributed by atoms with Gasteiger partial charge in [0.05, 0.1) is 6.61 Å². The van der Waals surface area contributed by atoms with E-state index in [0.29, 0.717) is 19.7 Å². The summed E-state index contributed by atoms with van der Waals surface area (Å²) in [5, 5.41) is 0. The van der Waals surface area contributed by atoms with Crippen molar-refractivity contribution >= 4 is 7.75 Å². The van der Waals surface area contributed by atoms with Gasteiger partial charge in [-0.05, 0) is 19.3 Å². The zero-order valence-corrected chi connectivity index (χ0v) is 41.4. The van der Waals surface area contributed by atoms with Gasteiger partial charge in [0, 0.05) is 13.1 Å². The highest BCUT2D eigenvalue weighted by Gasteiger charge is 2.28. The standard InChI is InChI=1S/C53H110NO3P/c1-4-7-10-13-15-17-19-21-23-25-27-29-31-33-35-37-39-41-43-45-48-51-54(58(55,56)57-53-50-47-12-9-6-3)52-49-46-44-42-40-38-36-34-32-30-28-26-24-22-20-18-16-14-11-8-5-2/h4-53H2,1-3H3,(H,55,56). The van der Waals surface area contributed by atoms with Crippen molar-refractivity contribution in [1.29, 1.82) is 0 Å². The second-order valence-electron chi connectivity index (χ2n) is 18.8. The Hall–Kier alpha value is 0.110. The molecule has 5 heteroatoms. The van der Waals surface area contributed by atoms with E-state index in [-0.39, 0.29) is 0 Å². The zero-order valence-electron chi connectivity index (χ0n) is 40.5. The predicted octanol–water partition coefficient (Wildman–Crippen LogP) is 19.8. The molecule has 0 saturated heterocycles. The first-order chi connectivity index (χ1) is 28.6. The van der Waals surface area contributed by atoms with Crippen molar-refractivity contribution in [2.45, 2.75) is 323 Å². The molecule has 1 N–H and O–H groups in total. The number of hydrogen-bond donors (Lipinski definition) is 1. The lowest BCUT2D eigenvalue weighted by atomic mass is 10.0. The van der Waals surface area contributed by atoms with Gasteiger partial charge in [0.25, 0.3) is 0 Å². The quantitative estimate of drug-likeness (QED) is 0.0490. The molecule has 1 unspecified atom stereocenters. The molecule has 0 heterocycles. The van der Waals surface area contributed by atoms with E-state index in [1.807, 2.05) is 4.67 Å². The third kappa shape index (κ3) is 45.6. The van der Waals surface area contributed by atoms with Gasteiger partial charge in [0.1, 0.15) is 0 Å². The predicted molar refractivity (Wildman–Crippen MR) is 261 cm³/mol. The Balaban J connectivity index is 3.92. The number of rotatable bonds is 52. The zero-order chi connectivity index (χ0) is 42.1. The van der Waals surface area contributed by atoms with Crippen molar-refractivity contribution in [2.24, 2.45) is 0 Å². The van der Waals surface area contributed by atoms with Gasteiger partial charge in [-0.25, -0.2) is 9.24 Å². The average Bonchev–Trinajstić information content (AvgIpc) is 3.22. The molecule has 0 aliphatic rings. The van der Waals surface area contributed by atoms with Gasteiger partial charge in [-0.1, -0.05) is 303 Å². The molecule has 0 aromatic carbocycles. The molecule has 0 aliphatic heterocycles. The number of nitrogens with zero attached hydrogens (tertiary/aromatic N) is 1. The number of hydrogen-bond acceptors (Lipinski definition) is 2. The van der Waals surface area contributed by atoms with E-state index in [9.17, 15) is 9.46 Å². The molecule has 4 nitrogen and oxygen atoms in total. The lowest BCUT2D eigenvalue weighted by molar-refractivity contribution is 0.194. The van der Waals surface area contributed by atoms with E-state index in [4.69, 9.17) is 4.52 Å². The van der Waals surface area contributed by atoms with Crippen molar-refractivity contribution in [3.05, 3.63) is 0 Å². The molecule has 0 aromatic heterocycles. The SMILES string of the molecule is CCCCCCCCCCCCCCCCCCCCCCCN(CCCCCCCCCCCCCCCCCCCCCCC)P(=O)(O)OCCCCCCC. The molecule has 58 heavy (non-hydrogen) atoms. The summed E-state index contributed by atoms with van der Waals surface area (Å²) < 4.78 is 20.9. The minimum absolute atomic E-state index is 0.409. The van der Waals surface area contributed by atoms with Crippen molar-refractivity contribution < 1.29 is 14.0 Å².